The molecule has 2 heterocycles. The SMILES string of the molecule is Cc1nc(CC(NN)c2cccnc2N)cs1. The molecule has 5 nitrogen and oxygen atoms in total. The third-order valence-electron chi connectivity index (χ3n) is 2.53. The van der Waals surface area contributed by atoms with E-state index in [1.54, 1.807) is 17.5 Å². The van der Waals surface area contributed by atoms with Gasteiger partial charge in [0.1, 0.15) is 5.82 Å². The van der Waals surface area contributed by atoms with Crippen LogP contribution in [-0.2, 0) is 6.42 Å². The minimum Gasteiger partial charge on any atom is -0.383 e. The summed E-state index contributed by atoms with van der Waals surface area (Å²) in [5.74, 6) is 6.07. The van der Waals surface area contributed by atoms with Gasteiger partial charge >= 0.3 is 0 Å². The first-order valence-corrected chi connectivity index (χ1v) is 6.16. The predicted molar refractivity (Wildman–Crippen MR) is 69.3 cm³/mol. The van der Waals surface area contributed by atoms with Gasteiger partial charge in [-0.1, -0.05) is 6.07 Å². The highest BCUT2D eigenvalue weighted by Gasteiger charge is 2.15. The van der Waals surface area contributed by atoms with Crippen LogP contribution in [0.4, 0.5) is 5.82 Å². The predicted octanol–water partition coefficient (Wildman–Crippen LogP) is 1.18. The summed E-state index contributed by atoms with van der Waals surface area (Å²) in [4.78, 5) is 8.47. The molecule has 0 aliphatic rings. The zero-order valence-electron chi connectivity index (χ0n) is 9.55. The van der Waals surface area contributed by atoms with Crippen molar-refractivity contribution in [2.75, 3.05) is 5.73 Å². The molecule has 0 saturated heterocycles. The van der Waals surface area contributed by atoms with Crippen molar-refractivity contribution >= 4 is 17.2 Å². The van der Waals surface area contributed by atoms with Crippen LogP contribution in [0.3, 0.4) is 0 Å². The van der Waals surface area contributed by atoms with Crippen LogP contribution >= 0.6 is 11.3 Å². The Morgan fingerprint density at radius 3 is 2.94 bits per heavy atom. The maximum absolute atomic E-state index is 5.83. The number of hydrazine groups is 1. The van der Waals surface area contributed by atoms with Crippen LogP contribution in [0.5, 0.6) is 0 Å². The molecule has 0 aliphatic carbocycles. The van der Waals surface area contributed by atoms with Gasteiger partial charge in [-0.15, -0.1) is 11.3 Å². The van der Waals surface area contributed by atoms with Gasteiger partial charge in [-0.05, 0) is 13.0 Å². The van der Waals surface area contributed by atoms with E-state index in [1.165, 1.54) is 0 Å². The topological polar surface area (TPSA) is 89.8 Å². The van der Waals surface area contributed by atoms with Crippen LogP contribution in [0.2, 0.25) is 0 Å². The van der Waals surface area contributed by atoms with Gasteiger partial charge in [-0.25, -0.2) is 9.97 Å². The fourth-order valence-corrected chi connectivity index (χ4v) is 2.32. The Morgan fingerprint density at radius 2 is 2.35 bits per heavy atom. The smallest absolute Gasteiger partial charge is 0.128 e. The van der Waals surface area contributed by atoms with Crippen LogP contribution in [0.1, 0.15) is 22.3 Å². The molecule has 0 aliphatic heterocycles. The molecule has 90 valence electrons. The van der Waals surface area contributed by atoms with Crippen molar-refractivity contribution in [1.82, 2.24) is 15.4 Å². The van der Waals surface area contributed by atoms with E-state index in [-0.39, 0.29) is 6.04 Å². The molecule has 0 spiro atoms. The summed E-state index contributed by atoms with van der Waals surface area (Å²) < 4.78 is 0. The monoisotopic (exact) mass is 249 g/mol. The highest BCUT2D eigenvalue weighted by Crippen LogP contribution is 2.22. The van der Waals surface area contributed by atoms with Crippen molar-refractivity contribution in [3.8, 4) is 0 Å². The normalized spacial score (nSPS) is 12.6. The van der Waals surface area contributed by atoms with E-state index >= 15 is 0 Å². The number of nitrogens with two attached hydrogens (primary N) is 2. The highest BCUT2D eigenvalue weighted by atomic mass is 32.1. The van der Waals surface area contributed by atoms with Crippen molar-refractivity contribution in [3.63, 3.8) is 0 Å². The average Bonchev–Trinajstić information content (AvgIpc) is 2.73. The molecule has 0 saturated carbocycles. The molecular formula is C11H15N5S. The van der Waals surface area contributed by atoms with E-state index in [0.717, 1.165) is 16.3 Å². The van der Waals surface area contributed by atoms with Crippen molar-refractivity contribution in [3.05, 3.63) is 40.0 Å². The molecule has 0 amide bonds. The summed E-state index contributed by atoms with van der Waals surface area (Å²) in [6.07, 6.45) is 2.37. The number of aryl methyl sites for hydroxylation is 1. The summed E-state index contributed by atoms with van der Waals surface area (Å²) in [6.45, 7) is 1.98. The number of nitrogen functional groups attached to an aromatic ring is 1. The van der Waals surface area contributed by atoms with Gasteiger partial charge in [0.05, 0.1) is 16.7 Å². The lowest BCUT2D eigenvalue weighted by Gasteiger charge is -2.16. The zero-order chi connectivity index (χ0) is 12.3. The van der Waals surface area contributed by atoms with Gasteiger partial charge in [-0.3, -0.25) is 11.3 Å². The van der Waals surface area contributed by atoms with E-state index in [2.05, 4.69) is 15.4 Å². The molecule has 0 aromatic carbocycles. The minimum absolute atomic E-state index is 0.0646. The van der Waals surface area contributed by atoms with Crippen LogP contribution in [0.15, 0.2) is 23.7 Å². The molecule has 0 bridgehead atoms. The first-order valence-electron chi connectivity index (χ1n) is 5.28. The van der Waals surface area contributed by atoms with Gasteiger partial charge in [0, 0.05) is 23.6 Å². The second-order valence-electron chi connectivity index (χ2n) is 3.76. The molecule has 0 fully saturated rings. The fourth-order valence-electron chi connectivity index (χ4n) is 1.69. The number of nitrogens with one attached hydrogen (secondary N) is 1. The molecule has 1 unspecified atom stereocenters. The Kier molecular flexibility index (Phi) is 3.68. The molecule has 2 aromatic rings. The lowest BCUT2D eigenvalue weighted by molar-refractivity contribution is 0.547. The first-order chi connectivity index (χ1) is 8.20. The molecular weight excluding hydrogens is 234 g/mol. The van der Waals surface area contributed by atoms with Crippen molar-refractivity contribution in [2.24, 2.45) is 5.84 Å². The summed E-state index contributed by atoms with van der Waals surface area (Å²) in [6, 6.07) is 3.71. The largest absolute Gasteiger partial charge is 0.383 e. The van der Waals surface area contributed by atoms with Gasteiger partial charge in [0.2, 0.25) is 0 Å². The summed E-state index contributed by atoms with van der Waals surface area (Å²) >= 11 is 1.63. The Balaban J connectivity index is 2.20. The molecule has 2 rings (SSSR count). The van der Waals surface area contributed by atoms with Crippen LogP contribution in [-0.4, -0.2) is 9.97 Å². The van der Waals surface area contributed by atoms with E-state index in [9.17, 15) is 0 Å². The Bertz CT molecular complexity index is 496. The molecule has 6 heteroatoms. The Labute approximate surface area is 104 Å². The van der Waals surface area contributed by atoms with E-state index < -0.39 is 0 Å². The maximum atomic E-state index is 5.83. The van der Waals surface area contributed by atoms with Crippen molar-refractivity contribution < 1.29 is 0 Å². The van der Waals surface area contributed by atoms with Gasteiger partial charge in [0.15, 0.2) is 0 Å². The maximum Gasteiger partial charge on any atom is 0.128 e. The zero-order valence-corrected chi connectivity index (χ0v) is 10.4. The number of hydrogen-bond acceptors (Lipinski definition) is 6. The minimum atomic E-state index is -0.0646. The first kappa shape index (κ1) is 12.0. The van der Waals surface area contributed by atoms with Crippen molar-refractivity contribution in [2.45, 2.75) is 19.4 Å². The third kappa shape index (κ3) is 2.79. The Morgan fingerprint density at radius 1 is 1.53 bits per heavy atom. The standard InChI is InChI=1S/C11H15N5S/c1-7-15-8(6-17-7)5-10(16-13)9-3-2-4-14-11(9)12/h2-4,6,10,16H,5,13H2,1H3,(H2,12,14). The average molecular weight is 249 g/mol. The number of nitrogens with zero attached hydrogens (tertiary/aromatic N) is 2. The number of pyridine rings is 1. The number of aromatic nitrogens is 2. The van der Waals surface area contributed by atoms with E-state index in [4.69, 9.17) is 11.6 Å². The lowest BCUT2D eigenvalue weighted by atomic mass is 10.0. The fraction of sp³-hybridized carbons (Fsp3) is 0.273. The van der Waals surface area contributed by atoms with Crippen LogP contribution < -0.4 is 17.0 Å². The third-order valence-corrected chi connectivity index (χ3v) is 3.35. The van der Waals surface area contributed by atoms with E-state index in [0.29, 0.717) is 12.2 Å². The van der Waals surface area contributed by atoms with Gasteiger partial charge < -0.3 is 5.73 Å². The number of thiazole rings is 1. The van der Waals surface area contributed by atoms with E-state index in [1.807, 2.05) is 24.4 Å². The quantitative estimate of drug-likeness (QED) is 0.559. The molecule has 5 N–H and O–H groups in total. The lowest BCUT2D eigenvalue weighted by Crippen LogP contribution is -2.30. The van der Waals surface area contributed by atoms with Crippen molar-refractivity contribution in [1.29, 1.82) is 0 Å². The Hall–Kier alpha value is -1.50. The highest BCUT2D eigenvalue weighted by molar-refractivity contribution is 7.09. The number of anilines is 1. The van der Waals surface area contributed by atoms with Crippen LogP contribution in [0, 0.1) is 6.92 Å². The summed E-state index contributed by atoms with van der Waals surface area (Å²) in [5, 5.41) is 3.08. The van der Waals surface area contributed by atoms with Gasteiger partial charge in [0.25, 0.3) is 0 Å². The molecule has 1 atom stereocenters. The summed E-state index contributed by atoms with van der Waals surface area (Å²) in [5.41, 5.74) is 10.5. The molecule has 2 aromatic heterocycles. The molecule has 17 heavy (non-hydrogen) atoms. The second kappa shape index (κ2) is 5.22. The number of rotatable bonds is 4. The van der Waals surface area contributed by atoms with Crippen LogP contribution in [0.25, 0.3) is 0 Å². The summed E-state index contributed by atoms with van der Waals surface area (Å²) in [7, 11) is 0. The number of hydrogen-bond donors (Lipinski definition) is 3. The molecule has 0 radical (unpaired) electrons. The second-order valence-corrected chi connectivity index (χ2v) is 4.82. The van der Waals surface area contributed by atoms with Gasteiger partial charge in [-0.2, -0.15) is 0 Å².